The van der Waals surface area contributed by atoms with Crippen molar-refractivity contribution in [2.75, 3.05) is 18.1 Å². The van der Waals surface area contributed by atoms with Crippen LogP contribution in [0.25, 0.3) is 0 Å². The summed E-state index contributed by atoms with van der Waals surface area (Å²) in [6, 6.07) is 4.10. The lowest BCUT2D eigenvalue weighted by Crippen LogP contribution is -2.40. The van der Waals surface area contributed by atoms with Gasteiger partial charge in [-0.05, 0) is 18.2 Å². The van der Waals surface area contributed by atoms with E-state index < -0.39 is 11.9 Å². The number of carboxylic acids is 2. The van der Waals surface area contributed by atoms with Gasteiger partial charge >= 0.3 is 11.9 Å². The predicted octanol–water partition coefficient (Wildman–Crippen LogP) is 0.585. The number of carboxylic acid groups (broad SMARTS) is 2. The van der Waals surface area contributed by atoms with Crippen LogP contribution in [0.1, 0.15) is 16.8 Å². The Bertz CT molecular complexity index is 553. The van der Waals surface area contributed by atoms with Gasteiger partial charge in [0, 0.05) is 6.54 Å². The summed E-state index contributed by atoms with van der Waals surface area (Å²) in [5.74, 6) is -2.19. The highest BCUT2D eigenvalue weighted by atomic mass is 16.5. The molecular weight excluding hydrogens is 254 g/mol. The first-order valence-electron chi connectivity index (χ1n) is 5.51. The molecule has 0 unspecified atom stereocenters. The lowest BCUT2D eigenvalue weighted by atomic mass is 10.1. The molecule has 2 N–H and O–H groups in total. The molecule has 1 heterocycles. The number of rotatable bonds is 4. The SMILES string of the molecule is O=C(O)CCN1C(=O)COc2cc(C(=O)O)ccc21. The molecule has 0 spiro atoms. The molecular formula is C12H11NO6. The normalized spacial score (nSPS) is 13.7. The molecule has 0 radical (unpaired) electrons. The van der Waals surface area contributed by atoms with Gasteiger partial charge in [0.1, 0.15) is 5.75 Å². The number of amides is 1. The third-order valence-electron chi connectivity index (χ3n) is 2.70. The quantitative estimate of drug-likeness (QED) is 0.825. The molecule has 0 saturated heterocycles. The second kappa shape index (κ2) is 4.97. The van der Waals surface area contributed by atoms with Crippen molar-refractivity contribution in [1.82, 2.24) is 0 Å². The fourth-order valence-corrected chi connectivity index (χ4v) is 1.79. The summed E-state index contributed by atoms with van der Waals surface area (Å²) in [4.78, 5) is 34.4. The number of carbonyl (C=O) groups excluding carboxylic acids is 1. The molecule has 0 bridgehead atoms. The maximum absolute atomic E-state index is 11.7. The van der Waals surface area contributed by atoms with E-state index in [1.54, 1.807) is 0 Å². The summed E-state index contributed by atoms with van der Waals surface area (Å²) < 4.78 is 5.16. The molecule has 0 atom stereocenters. The maximum atomic E-state index is 11.7. The van der Waals surface area contributed by atoms with Crippen molar-refractivity contribution in [3.05, 3.63) is 23.8 Å². The zero-order valence-electron chi connectivity index (χ0n) is 9.83. The van der Waals surface area contributed by atoms with Crippen LogP contribution in [0.2, 0.25) is 0 Å². The van der Waals surface area contributed by atoms with E-state index in [1.807, 2.05) is 0 Å². The Labute approximate surface area is 108 Å². The Morgan fingerprint density at radius 3 is 2.68 bits per heavy atom. The Morgan fingerprint density at radius 2 is 2.05 bits per heavy atom. The third kappa shape index (κ3) is 2.65. The minimum atomic E-state index is -1.10. The standard InChI is InChI=1S/C12H11NO6/c14-10-6-19-9-5-7(12(17)18)1-2-8(9)13(10)4-3-11(15)16/h1-2,5H,3-4,6H2,(H,15,16)(H,17,18). The van der Waals surface area contributed by atoms with Crippen molar-refractivity contribution >= 4 is 23.5 Å². The summed E-state index contributed by atoms with van der Waals surface area (Å²) in [7, 11) is 0. The summed E-state index contributed by atoms with van der Waals surface area (Å²) >= 11 is 0. The molecule has 0 aromatic heterocycles. The number of aliphatic carboxylic acids is 1. The van der Waals surface area contributed by atoms with E-state index in [0.717, 1.165) is 0 Å². The van der Waals surface area contributed by atoms with Crippen LogP contribution in [-0.4, -0.2) is 41.2 Å². The number of hydrogen-bond donors (Lipinski definition) is 2. The Hall–Kier alpha value is -2.57. The molecule has 1 aromatic rings. The van der Waals surface area contributed by atoms with Crippen molar-refractivity contribution in [2.45, 2.75) is 6.42 Å². The minimum Gasteiger partial charge on any atom is -0.482 e. The van der Waals surface area contributed by atoms with E-state index in [2.05, 4.69) is 0 Å². The first kappa shape index (κ1) is 12.9. The van der Waals surface area contributed by atoms with Crippen LogP contribution in [0, 0.1) is 0 Å². The van der Waals surface area contributed by atoms with E-state index in [9.17, 15) is 14.4 Å². The number of nitrogens with zero attached hydrogens (tertiary/aromatic N) is 1. The van der Waals surface area contributed by atoms with E-state index in [1.165, 1.54) is 23.1 Å². The fraction of sp³-hybridized carbons (Fsp3) is 0.250. The number of ether oxygens (including phenoxy) is 1. The van der Waals surface area contributed by atoms with Crippen molar-refractivity contribution in [1.29, 1.82) is 0 Å². The number of hydrogen-bond acceptors (Lipinski definition) is 4. The van der Waals surface area contributed by atoms with Crippen molar-refractivity contribution < 1.29 is 29.3 Å². The number of benzene rings is 1. The van der Waals surface area contributed by atoms with Crippen molar-refractivity contribution in [3.8, 4) is 5.75 Å². The number of aromatic carboxylic acids is 1. The van der Waals surface area contributed by atoms with Gasteiger partial charge in [-0.15, -0.1) is 0 Å². The van der Waals surface area contributed by atoms with Gasteiger partial charge < -0.3 is 19.8 Å². The van der Waals surface area contributed by atoms with Crippen LogP contribution < -0.4 is 9.64 Å². The largest absolute Gasteiger partial charge is 0.482 e. The van der Waals surface area contributed by atoms with Crippen LogP contribution in [-0.2, 0) is 9.59 Å². The van der Waals surface area contributed by atoms with Gasteiger partial charge in [0.15, 0.2) is 6.61 Å². The number of anilines is 1. The maximum Gasteiger partial charge on any atom is 0.335 e. The van der Waals surface area contributed by atoms with Gasteiger partial charge in [-0.2, -0.15) is 0 Å². The first-order chi connectivity index (χ1) is 8.99. The molecule has 7 nitrogen and oxygen atoms in total. The lowest BCUT2D eigenvalue weighted by Gasteiger charge is -2.29. The zero-order valence-corrected chi connectivity index (χ0v) is 9.83. The molecule has 0 aliphatic carbocycles. The van der Waals surface area contributed by atoms with Crippen LogP contribution in [0.5, 0.6) is 5.75 Å². The van der Waals surface area contributed by atoms with Crippen molar-refractivity contribution in [2.24, 2.45) is 0 Å². The van der Waals surface area contributed by atoms with E-state index in [0.29, 0.717) is 5.69 Å². The second-order valence-corrected chi connectivity index (χ2v) is 3.97. The molecule has 7 heteroatoms. The third-order valence-corrected chi connectivity index (χ3v) is 2.70. The predicted molar refractivity (Wildman–Crippen MR) is 63.5 cm³/mol. The Kier molecular flexibility index (Phi) is 3.37. The Morgan fingerprint density at radius 1 is 1.32 bits per heavy atom. The average Bonchev–Trinajstić information content (AvgIpc) is 2.36. The molecule has 19 heavy (non-hydrogen) atoms. The topological polar surface area (TPSA) is 104 Å². The summed E-state index contributed by atoms with van der Waals surface area (Å²) in [6.07, 6.45) is -0.189. The molecule has 1 aromatic carbocycles. The summed E-state index contributed by atoms with van der Waals surface area (Å²) in [5.41, 5.74) is 0.439. The van der Waals surface area contributed by atoms with Gasteiger partial charge in [0.25, 0.3) is 5.91 Å². The number of carbonyl (C=O) groups is 3. The van der Waals surface area contributed by atoms with E-state index in [-0.39, 0.29) is 36.8 Å². The van der Waals surface area contributed by atoms with Crippen LogP contribution in [0.15, 0.2) is 18.2 Å². The van der Waals surface area contributed by atoms with E-state index >= 15 is 0 Å². The highest BCUT2D eigenvalue weighted by Gasteiger charge is 2.26. The monoisotopic (exact) mass is 265 g/mol. The summed E-state index contributed by atoms with van der Waals surface area (Å²) in [6.45, 7) is -0.202. The molecule has 0 saturated carbocycles. The van der Waals surface area contributed by atoms with Gasteiger partial charge in [-0.25, -0.2) is 4.79 Å². The van der Waals surface area contributed by atoms with Crippen LogP contribution >= 0.6 is 0 Å². The van der Waals surface area contributed by atoms with E-state index in [4.69, 9.17) is 14.9 Å². The van der Waals surface area contributed by atoms with Gasteiger partial charge in [-0.3, -0.25) is 9.59 Å². The first-order valence-corrected chi connectivity index (χ1v) is 5.51. The lowest BCUT2D eigenvalue weighted by molar-refractivity contribution is -0.136. The molecule has 2 rings (SSSR count). The smallest absolute Gasteiger partial charge is 0.335 e. The summed E-state index contributed by atoms with van der Waals surface area (Å²) in [5, 5.41) is 17.5. The molecule has 1 amide bonds. The van der Waals surface area contributed by atoms with Gasteiger partial charge in [0.05, 0.1) is 17.7 Å². The molecule has 100 valence electrons. The second-order valence-electron chi connectivity index (χ2n) is 3.97. The zero-order chi connectivity index (χ0) is 14.0. The minimum absolute atomic E-state index is 0.0247. The highest BCUT2D eigenvalue weighted by Crippen LogP contribution is 2.33. The van der Waals surface area contributed by atoms with Crippen molar-refractivity contribution in [3.63, 3.8) is 0 Å². The van der Waals surface area contributed by atoms with Gasteiger partial charge in [-0.1, -0.05) is 0 Å². The highest BCUT2D eigenvalue weighted by molar-refractivity contribution is 5.99. The average molecular weight is 265 g/mol. The molecule has 1 aliphatic rings. The van der Waals surface area contributed by atoms with Gasteiger partial charge in [0.2, 0.25) is 0 Å². The molecule has 0 fully saturated rings. The molecule has 1 aliphatic heterocycles. The fourth-order valence-electron chi connectivity index (χ4n) is 1.79. The Balaban J connectivity index is 2.31. The van der Waals surface area contributed by atoms with Crippen LogP contribution in [0.4, 0.5) is 5.69 Å². The number of fused-ring (bicyclic) bond motifs is 1. The van der Waals surface area contributed by atoms with Crippen LogP contribution in [0.3, 0.4) is 0 Å².